The van der Waals surface area contributed by atoms with Crippen LogP contribution in [0.5, 0.6) is 0 Å². The van der Waals surface area contributed by atoms with Crippen molar-refractivity contribution in [2.75, 3.05) is 26.2 Å². The molecule has 0 bridgehead atoms. The van der Waals surface area contributed by atoms with E-state index in [1.165, 1.54) is 12.8 Å². The Hall–Kier alpha value is -0.610. The van der Waals surface area contributed by atoms with Gasteiger partial charge in [0.2, 0.25) is 0 Å². The summed E-state index contributed by atoms with van der Waals surface area (Å²) in [4.78, 5) is 13.2. The summed E-state index contributed by atoms with van der Waals surface area (Å²) in [5.41, 5.74) is 0. The maximum absolute atomic E-state index is 10.9. The molecule has 4 nitrogen and oxygen atoms in total. The second-order valence-corrected chi connectivity index (χ2v) is 4.73. The van der Waals surface area contributed by atoms with Crippen LogP contribution in [0.3, 0.4) is 0 Å². The van der Waals surface area contributed by atoms with E-state index in [-0.39, 0.29) is 5.92 Å². The van der Waals surface area contributed by atoms with Crippen molar-refractivity contribution in [1.82, 2.24) is 10.2 Å². The largest absolute Gasteiger partial charge is 0.481 e. The molecule has 0 spiro atoms. The average molecular weight is 228 g/mol. The maximum atomic E-state index is 10.9. The van der Waals surface area contributed by atoms with Crippen LogP contribution in [0.2, 0.25) is 0 Å². The van der Waals surface area contributed by atoms with Crippen LogP contribution < -0.4 is 5.32 Å². The number of hydrogen-bond donors (Lipinski definition) is 2. The van der Waals surface area contributed by atoms with Gasteiger partial charge < -0.3 is 10.4 Å². The molecule has 0 radical (unpaired) electrons. The number of aliphatic carboxylic acids is 1. The molecule has 0 aromatic rings. The highest BCUT2D eigenvalue weighted by Gasteiger charge is 2.23. The Morgan fingerprint density at radius 1 is 1.62 bits per heavy atom. The Bertz CT molecular complexity index is 215. The van der Waals surface area contributed by atoms with Gasteiger partial charge in [0.15, 0.2) is 0 Å². The number of rotatable bonds is 6. The topological polar surface area (TPSA) is 52.6 Å². The summed E-state index contributed by atoms with van der Waals surface area (Å²) in [5, 5.41) is 12.3. The van der Waals surface area contributed by atoms with Gasteiger partial charge in [0.25, 0.3) is 0 Å². The molecule has 0 amide bonds. The van der Waals surface area contributed by atoms with Gasteiger partial charge in [-0.05, 0) is 32.4 Å². The van der Waals surface area contributed by atoms with Gasteiger partial charge in [-0.2, -0.15) is 0 Å². The molecule has 1 aliphatic heterocycles. The van der Waals surface area contributed by atoms with Crippen molar-refractivity contribution in [3.05, 3.63) is 0 Å². The van der Waals surface area contributed by atoms with E-state index in [1.807, 2.05) is 0 Å². The fraction of sp³-hybridized carbons (Fsp3) is 0.917. The molecule has 0 aromatic heterocycles. The van der Waals surface area contributed by atoms with Crippen molar-refractivity contribution >= 4 is 5.97 Å². The Morgan fingerprint density at radius 2 is 2.38 bits per heavy atom. The van der Waals surface area contributed by atoms with Gasteiger partial charge in [0, 0.05) is 19.1 Å². The Kier molecular flexibility index (Phi) is 5.77. The Balaban J connectivity index is 2.48. The molecule has 2 unspecified atom stereocenters. The van der Waals surface area contributed by atoms with Crippen molar-refractivity contribution in [1.29, 1.82) is 0 Å². The molecular weight excluding hydrogens is 204 g/mol. The fourth-order valence-electron chi connectivity index (χ4n) is 2.29. The number of hydrogen-bond acceptors (Lipinski definition) is 3. The molecule has 2 atom stereocenters. The van der Waals surface area contributed by atoms with E-state index in [2.05, 4.69) is 17.1 Å². The number of nitrogens with zero attached hydrogens (tertiary/aromatic N) is 1. The molecule has 0 aromatic carbocycles. The molecule has 1 fully saturated rings. The van der Waals surface area contributed by atoms with Crippen LogP contribution in [0.25, 0.3) is 0 Å². The van der Waals surface area contributed by atoms with Crippen LogP contribution in [0.15, 0.2) is 0 Å². The second-order valence-electron chi connectivity index (χ2n) is 4.73. The highest BCUT2D eigenvalue weighted by molar-refractivity contribution is 5.69. The minimum absolute atomic E-state index is 0.270. The van der Waals surface area contributed by atoms with Gasteiger partial charge in [0.1, 0.15) is 0 Å². The van der Waals surface area contributed by atoms with E-state index in [1.54, 1.807) is 6.92 Å². The van der Waals surface area contributed by atoms with E-state index in [0.717, 1.165) is 26.1 Å². The summed E-state index contributed by atoms with van der Waals surface area (Å²) in [6.45, 7) is 7.73. The van der Waals surface area contributed by atoms with Crippen LogP contribution in [-0.4, -0.2) is 48.2 Å². The highest BCUT2D eigenvalue weighted by Crippen LogP contribution is 2.13. The SMILES string of the molecule is CCCN(CC(C)C(=O)O)C1CCCNC1. The molecule has 1 saturated heterocycles. The average Bonchev–Trinajstić information content (AvgIpc) is 2.29. The van der Waals surface area contributed by atoms with Crippen LogP contribution >= 0.6 is 0 Å². The highest BCUT2D eigenvalue weighted by atomic mass is 16.4. The molecule has 1 heterocycles. The van der Waals surface area contributed by atoms with E-state index in [0.29, 0.717) is 12.6 Å². The molecule has 0 saturated carbocycles. The first-order chi connectivity index (χ1) is 7.65. The van der Waals surface area contributed by atoms with Crippen LogP contribution in [0.4, 0.5) is 0 Å². The normalized spacial score (nSPS) is 23.3. The van der Waals surface area contributed by atoms with Crippen LogP contribution in [0, 0.1) is 5.92 Å². The van der Waals surface area contributed by atoms with Crippen LogP contribution in [-0.2, 0) is 4.79 Å². The maximum Gasteiger partial charge on any atom is 0.307 e. The van der Waals surface area contributed by atoms with Crippen molar-refractivity contribution in [2.45, 2.75) is 39.2 Å². The van der Waals surface area contributed by atoms with E-state index < -0.39 is 5.97 Å². The molecule has 16 heavy (non-hydrogen) atoms. The van der Waals surface area contributed by atoms with E-state index in [9.17, 15) is 4.79 Å². The van der Waals surface area contributed by atoms with Crippen molar-refractivity contribution in [3.8, 4) is 0 Å². The minimum atomic E-state index is -0.690. The first-order valence-electron chi connectivity index (χ1n) is 6.32. The van der Waals surface area contributed by atoms with Crippen molar-refractivity contribution < 1.29 is 9.90 Å². The number of carboxylic acids is 1. The summed E-state index contributed by atoms with van der Waals surface area (Å²) < 4.78 is 0. The number of piperidine rings is 1. The standard InChI is InChI=1S/C12H24N2O2/c1-3-7-14(9-10(2)12(15)16)11-5-4-6-13-8-11/h10-11,13H,3-9H2,1-2H3,(H,15,16). The van der Waals surface area contributed by atoms with Gasteiger partial charge in [-0.15, -0.1) is 0 Å². The molecule has 4 heteroatoms. The molecule has 1 aliphatic rings. The van der Waals surface area contributed by atoms with Gasteiger partial charge in [-0.3, -0.25) is 9.69 Å². The third-order valence-electron chi connectivity index (χ3n) is 3.23. The van der Waals surface area contributed by atoms with Crippen LogP contribution in [0.1, 0.15) is 33.1 Å². The third kappa shape index (κ3) is 4.10. The summed E-state index contributed by atoms with van der Waals surface area (Å²) in [6, 6.07) is 0.524. The Labute approximate surface area is 98.0 Å². The smallest absolute Gasteiger partial charge is 0.307 e. The van der Waals surface area contributed by atoms with Gasteiger partial charge >= 0.3 is 5.97 Å². The molecule has 0 aliphatic carbocycles. The fourth-order valence-corrected chi connectivity index (χ4v) is 2.29. The first-order valence-corrected chi connectivity index (χ1v) is 6.32. The number of carboxylic acid groups (broad SMARTS) is 1. The minimum Gasteiger partial charge on any atom is -0.481 e. The zero-order valence-corrected chi connectivity index (χ0v) is 10.4. The van der Waals surface area contributed by atoms with E-state index >= 15 is 0 Å². The lowest BCUT2D eigenvalue weighted by atomic mass is 10.0. The molecule has 2 N–H and O–H groups in total. The quantitative estimate of drug-likeness (QED) is 0.716. The molecule has 94 valence electrons. The lowest BCUT2D eigenvalue weighted by Gasteiger charge is -2.35. The summed E-state index contributed by atoms with van der Waals surface area (Å²) in [7, 11) is 0. The predicted molar refractivity (Wildman–Crippen MR) is 64.6 cm³/mol. The van der Waals surface area contributed by atoms with Gasteiger partial charge in [-0.25, -0.2) is 0 Å². The summed E-state index contributed by atoms with van der Waals surface area (Å²) in [5.74, 6) is -0.960. The lowest BCUT2D eigenvalue weighted by molar-refractivity contribution is -0.142. The monoisotopic (exact) mass is 228 g/mol. The zero-order valence-electron chi connectivity index (χ0n) is 10.4. The van der Waals surface area contributed by atoms with E-state index in [4.69, 9.17) is 5.11 Å². The predicted octanol–water partition coefficient (Wildman–Crippen LogP) is 1.17. The first kappa shape index (κ1) is 13.5. The molecular formula is C12H24N2O2. The second kappa shape index (κ2) is 6.86. The third-order valence-corrected chi connectivity index (χ3v) is 3.23. The summed E-state index contributed by atoms with van der Waals surface area (Å²) in [6.07, 6.45) is 3.48. The lowest BCUT2D eigenvalue weighted by Crippen LogP contribution is -2.48. The van der Waals surface area contributed by atoms with Gasteiger partial charge in [-0.1, -0.05) is 13.8 Å². The number of nitrogens with one attached hydrogen (secondary N) is 1. The van der Waals surface area contributed by atoms with Crippen molar-refractivity contribution in [3.63, 3.8) is 0 Å². The van der Waals surface area contributed by atoms with Crippen molar-refractivity contribution in [2.24, 2.45) is 5.92 Å². The summed E-state index contributed by atoms with van der Waals surface area (Å²) >= 11 is 0. The zero-order chi connectivity index (χ0) is 12.0. The van der Waals surface area contributed by atoms with Gasteiger partial charge in [0.05, 0.1) is 5.92 Å². The number of carbonyl (C=O) groups is 1. The Morgan fingerprint density at radius 3 is 2.88 bits per heavy atom. The molecule has 1 rings (SSSR count).